The molecular weight excluding hydrogens is 302 g/mol. The third-order valence-corrected chi connectivity index (χ3v) is 4.74. The number of amides is 1. The quantitative estimate of drug-likeness (QED) is 0.854. The molecule has 1 aromatic heterocycles. The van der Waals surface area contributed by atoms with Crippen LogP contribution in [0.4, 0.5) is 5.69 Å². The molecule has 1 aliphatic rings. The molecule has 0 aliphatic carbocycles. The van der Waals surface area contributed by atoms with E-state index in [1.807, 2.05) is 24.3 Å². The molecule has 1 amide bonds. The van der Waals surface area contributed by atoms with Crippen LogP contribution in [0.25, 0.3) is 0 Å². The summed E-state index contributed by atoms with van der Waals surface area (Å²) in [6.45, 7) is 5.02. The van der Waals surface area contributed by atoms with E-state index >= 15 is 0 Å². The third-order valence-electron chi connectivity index (χ3n) is 4.74. The lowest BCUT2D eigenvalue weighted by atomic mass is 9.84. The molecule has 0 bridgehead atoms. The van der Waals surface area contributed by atoms with Gasteiger partial charge >= 0.3 is 0 Å². The summed E-state index contributed by atoms with van der Waals surface area (Å²) in [4.78, 5) is 16.2. The van der Waals surface area contributed by atoms with Crippen molar-refractivity contribution in [2.75, 3.05) is 18.4 Å². The maximum absolute atomic E-state index is 12.3. The Morgan fingerprint density at radius 3 is 2.75 bits per heavy atom. The van der Waals surface area contributed by atoms with E-state index in [1.165, 1.54) is 19.2 Å². The molecule has 1 atom stereocenters. The highest BCUT2D eigenvalue weighted by atomic mass is 16.1. The molecule has 2 heterocycles. The fourth-order valence-electron chi connectivity index (χ4n) is 3.28. The summed E-state index contributed by atoms with van der Waals surface area (Å²) < 4.78 is 1.77. The Bertz CT molecular complexity index is 632. The number of rotatable bonds is 6. The molecule has 1 fully saturated rings. The van der Waals surface area contributed by atoms with Gasteiger partial charge in [-0.05, 0) is 55.5 Å². The molecule has 128 valence electrons. The van der Waals surface area contributed by atoms with Crippen molar-refractivity contribution in [2.45, 2.75) is 32.7 Å². The van der Waals surface area contributed by atoms with Crippen LogP contribution in [0.15, 0.2) is 36.9 Å². The minimum Gasteiger partial charge on any atom is -0.326 e. The van der Waals surface area contributed by atoms with Gasteiger partial charge in [-0.2, -0.15) is 5.10 Å². The van der Waals surface area contributed by atoms with Crippen LogP contribution >= 0.6 is 0 Å². The van der Waals surface area contributed by atoms with E-state index in [4.69, 9.17) is 0 Å². The van der Waals surface area contributed by atoms with Gasteiger partial charge in [0.2, 0.25) is 5.91 Å². The van der Waals surface area contributed by atoms with Crippen molar-refractivity contribution < 1.29 is 4.79 Å². The van der Waals surface area contributed by atoms with Gasteiger partial charge in [0.15, 0.2) is 0 Å². The smallest absolute Gasteiger partial charge is 0.224 e. The van der Waals surface area contributed by atoms with E-state index in [0.717, 1.165) is 24.3 Å². The van der Waals surface area contributed by atoms with Gasteiger partial charge in [-0.1, -0.05) is 19.1 Å². The minimum atomic E-state index is 0.102. The van der Waals surface area contributed by atoms with E-state index in [9.17, 15) is 4.79 Å². The zero-order valence-corrected chi connectivity index (χ0v) is 14.1. The summed E-state index contributed by atoms with van der Waals surface area (Å²) in [5, 5.41) is 10.5. The van der Waals surface area contributed by atoms with Gasteiger partial charge < -0.3 is 10.6 Å². The van der Waals surface area contributed by atoms with Crippen LogP contribution in [0, 0.1) is 11.8 Å². The van der Waals surface area contributed by atoms with Crippen molar-refractivity contribution in [1.29, 1.82) is 0 Å². The van der Waals surface area contributed by atoms with Gasteiger partial charge in [-0.25, -0.2) is 9.67 Å². The summed E-state index contributed by atoms with van der Waals surface area (Å²) in [6, 6.07) is 7.90. The predicted molar refractivity (Wildman–Crippen MR) is 93.6 cm³/mol. The second kappa shape index (κ2) is 8.06. The molecule has 24 heavy (non-hydrogen) atoms. The highest BCUT2D eigenvalue weighted by Gasteiger charge is 2.21. The maximum atomic E-state index is 12.3. The maximum Gasteiger partial charge on any atom is 0.224 e. The molecule has 2 N–H and O–H groups in total. The monoisotopic (exact) mass is 327 g/mol. The number of aromatic nitrogens is 3. The van der Waals surface area contributed by atoms with Gasteiger partial charge in [0.25, 0.3) is 0 Å². The fourth-order valence-corrected chi connectivity index (χ4v) is 3.28. The Balaban J connectivity index is 1.48. The molecule has 1 aliphatic heterocycles. The minimum absolute atomic E-state index is 0.102. The summed E-state index contributed by atoms with van der Waals surface area (Å²) >= 11 is 0. The van der Waals surface area contributed by atoms with Crippen LogP contribution in [0.2, 0.25) is 0 Å². The molecule has 1 unspecified atom stereocenters. The molecule has 1 saturated heterocycles. The number of benzene rings is 1. The van der Waals surface area contributed by atoms with Crippen molar-refractivity contribution in [1.82, 2.24) is 20.1 Å². The van der Waals surface area contributed by atoms with Crippen LogP contribution in [-0.4, -0.2) is 33.8 Å². The van der Waals surface area contributed by atoms with Crippen LogP contribution < -0.4 is 10.6 Å². The van der Waals surface area contributed by atoms with Crippen LogP contribution in [0.5, 0.6) is 0 Å². The first kappa shape index (κ1) is 16.6. The number of piperidine rings is 1. The van der Waals surface area contributed by atoms with E-state index in [2.05, 4.69) is 27.6 Å². The zero-order valence-electron chi connectivity index (χ0n) is 14.1. The average molecular weight is 327 g/mol. The first-order valence-electron chi connectivity index (χ1n) is 8.62. The summed E-state index contributed by atoms with van der Waals surface area (Å²) in [5.41, 5.74) is 1.97. The predicted octanol–water partition coefficient (Wildman–Crippen LogP) is 2.29. The Morgan fingerprint density at radius 2 is 2.08 bits per heavy atom. The number of hydrogen-bond acceptors (Lipinski definition) is 4. The first-order chi connectivity index (χ1) is 11.7. The van der Waals surface area contributed by atoms with E-state index in [0.29, 0.717) is 24.8 Å². The first-order valence-corrected chi connectivity index (χ1v) is 8.62. The number of hydrogen-bond donors (Lipinski definition) is 2. The Morgan fingerprint density at radius 1 is 1.33 bits per heavy atom. The summed E-state index contributed by atoms with van der Waals surface area (Å²) in [5.74, 6) is 1.19. The Kier molecular flexibility index (Phi) is 5.59. The van der Waals surface area contributed by atoms with E-state index in [-0.39, 0.29) is 5.91 Å². The van der Waals surface area contributed by atoms with Crippen molar-refractivity contribution >= 4 is 11.6 Å². The number of anilines is 1. The topological polar surface area (TPSA) is 71.8 Å². The molecule has 0 saturated carbocycles. The largest absolute Gasteiger partial charge is 0.326 e. The normalized spacial score (nSPS) is 16.7. The molecule has 2 aromatic rings. The molecule has 0 spiro atoms. The van der Waals surface area contributed by atoms with Crippen molar-refractivity contribution in [3.05, 3.63) is 42.5 Å². The Labute approximate surface area is 142 Å². The van der Waals surface area contributed by atoms with E-state index in [1.54, 1.807) is 11.0 Å². The lowest BCUT2D eigenvalue weighted by Gasteiger charge is -2.27. The fraction of sp³-hybridized carbons (Fsp3) is 0.500. The second-order valence-corrected chi connectivity index (χ2v) is 6.61. The van der Waals surface area contributed by atoms with E-state index < -0.39 is 0 Å². The molecular formula is C18H25N5O. The molecule has 0 radical (unpaired) electrons. The molecule has 3 rings (SSSR count). The SMILES string of the molecule is CC(CC(=O)Nc1ccc(Cn2cncn2)cc1)C1CCNCC1. The highest BCUT2D eigenvalue weighted by molar-refractivity contribution is 5.90. The van der Waals surface area contributed by atoms with Crippen LogP contribution in [0.3, 0.4) is 0 Å². The molecule has 1 aromatic carbocycles. The van der Waals surface area contributed by atoms with Crippen molar-refractivity contribution in [2.24, 2.45) is 11.8 Å². The standard InChI is InChI=1S/C18H25N5O/c1-14(16-6-8-19-9-7-16)10-18(24)22-17-4-2-15(3-5-17)11-23-13-20-12-21-23/h2-5,12-14,16,19H,6-11H2,1H3,(H,22,24). The molecule has 6 heteroatoms. The summed E-state index contributed by atoms with van der Waals surface area (Å²) in [6.07, 6.45) is 6.15. The van der Waals surface area contributed by atoms with Crippen molar-refractivity contribution in [3.8, 4) is 0 Å². The zero-order chi connectivity index (χ0) is 16.8. The van der Waals surface area contributed by atoms with Crippen LogP contribution in [-0.2, 0) is 11.3 Å². The number of nitrogens with one attached hydrogen (secondary N) is 2. The van der Waals surface area contributed by atoms with Gasteiger partial charge in [0.1, 0.15) is 12.7 Å². The summed E-state index contributed by atoms with van der Waals surface area (Å²) in [7, 11) is 0. The average Bonchev–Trinajstić information content (AvgIpc) is 3.10. The third kappa shape index (κ3) is 4.64. The van der Waals surface area contributed by atoms with Gasteiger partial charge in [-0.15, -0.1) is 0 Å². The number of carbonyl (C=O) groups is 1. The van der Waals surface area contributed by atoms with Gasteiger partial charge in [0, 0.05) is 12.1 Å². The molecule has 6 nitrogen and oxygen atoms in total. The lowest BCUT2D eigenvalue weighted by molar-refractivity contribution is -0.117. The number of nitrogens with zero attached hydrogens (tertiary/aromatic N) is 3. The van der Waals surface area contributed by atoms with Crippen molar-refractivity contribution in [3.63, 3.8) is 0 Å². The number of carbonyl (C=O) groups excluding carboxylic acids is 1. The van der Waals surface area contributed by atoms with Crippen LogP contribution in [0.1, 0.15) is 31.7 Å². The highest BCUT2D eigenvalue weighted by Crippen LogP contribution is 2.24. The Hall–Kier alpha value is -2.21. The van der Waals surface area contributed by atoms with Gasteiger partial charge in [0.05, 0.1) is 6.54 Å². The lowest BCUT2D eigenvalue weighted by Crippen LogP contribution is -2.32. The van der Waals surface area contributed by atoms with Gasteiger partial charge in [-0.3, -0.25) is 4.79 Å². The second-order valence-electron chi connectivity index (χ2n) is 6.61.